The first-order valence-electron chi connectivity index (χ1n) is 8.20. The first-order valence-corrected chi connectivity index (χ1v) is 8.20. The van der Waals surface area contributed by atoms with E-state index in [0.29, 0.717) is 18.5 Å². The van der Waals surface area contributed by atoms with Crippen molar-refractivity contribution in [2.24, 2.45) is 5.73 Å². The lowest BCUT2D eigenvalue weighted by Gasteiger charge is -2.43. The van der Waals surface area contributed by atoms with Crippen LogP contribution in [0.1, 0.15) is 64.7 Å². The Bertz CT molecular complexity index is 315. The number of hydrogen-bond donors (Lipinski definition) is 1. The summed E-state index contributed by atoms with van der Waals surface area (Å²) in [6, 6.07) is 0.734. The Kier molecular flexibility index (Phi) is 5.44. The van der Waals surface area contributed by atoms with Crippen LogP contribution in [0.15, 0.2) is 0 Å². The number of hydrogen-bond acceptors (Lipinski definition) is 3. The second-order valence-corrected chi connectivity index (χ2v) is 6.57. The van der Waals surface area contributed by atoms with Gasteiger partial charge in [-0.2, -0.15) is 0 Å². The standard InChI is InChI=1S/C16H30N2O2/c1-3-11-18(14-7-5-13(17)6-8-14)15(19)12-16(20-2)9-4-10-16/h13-14H,3-12,17H2,1-2H3. The second-order valence-electron chi connectivity index (χ2n) is 6.57. The van der Waals surface area contributed by atoms with Crippen molar-refractivity contribution in [3.8, 4) is 0 Å². The summed E-state index contributed by atoms with van der Waals surface area (Å²) in [7, 11) is 1.75. The Morgan fingerprint density at radius 1 is 1.30 bits per heavy atom. The van der Waals surface area contributed by atoms with Gasteiger partial charge in [-0.3, -0.25) is 4.79 Å². The largest absolute Gasteiger partial charge is 0.378 e. The fourth-order valence-electron chi connectivity index (χ4n) is 3.57. The van der Waals surface area contributed by atoms with Crippen LogP contribution in [-0.4, -0.2) is 42.1 Å². The number of nitrogens with zero attached hydrogens (tertiary/aromatic N) is 1. The summed E-state index contributed by atoms with van der Waals surface area (Å²) in [5.41, 5.74) is 5.82. The van der Waals surface area contributed by atoms with Crippen LogP contribution in [0.3, 0.4) is 0 Å². The van der Waals surface area contributed by atoms with Crippen LogP contribution in [0.2, 0.25) is 0 Å². The van der Waals surface area contributed by atoms with Crippen LogP contribution in [0.4, 0.5) is 0 Å². The third kappa shape index (κ3) is 3.53. The van der Waals surface area contributed by atoms with Gasteiger partial charge >= 0.3 is 0 Å². The molecule has 0 aromatic carbocycles. The van der Waals surface area contributed by atoms with Gasteiger partial charge in [-0.25, -0.2) is 0 Å². The van der Waals surface area contributed by atoms with Gasteiger partial charge < -0.3 is 15.4 Å². The predicted octanol–water partition coefficient (Wildman–Crippen LogP) is 2.45. The number of carbonyl (C=O) groups excluding carboxylic acids is 1. The number of carbonyl (C=O) groups is 1. The lowest BCUT2D eigenvalue weighted by atomic mass is 9.77. The number of rotatable bonds is 6. The van der Waals surface area contributed by atoms with Crippen LogP contribution in [0.5, 0.6) is 0 Å². The molecule has 2 aliphatic carbocycles. The van der Waals surface area contributed by atoms with Gasteiger partial charge in [0.15, 0.2) is 0 Å². The Morgan fingerprint density at radius 3 is 2.40 bits per heavy atom. The normalized spacial score (nSPS) is 28.8. The molecule has 4 nitrogen and oxygen atoms in total. The minimum absolute atomic E-state index is 0.159. The molecule has 0 unspecified atom stereocenters. The zero-order valence-corrected chi connectivity index (χ0v) is 13.1. The van der Waals surface area contributed by atoms with Crippen LogP contribution in [0.25, 0.3) is 0 Å². The molecule has 0 saturated heterocycles. The van der Waals surface area contributed by atoms with Gasteiger partial charge in [-0.1, -0.05) is 6.92 Å². The Hall–Kier alpha value is -0.610. The molecule has 0 heterocycles. The van der Waals surface area contributed by atoms with Gasteiger partial charge in [-0.05, 0) is 51.4 Å². The van der Waals surface area contributed by atoms with Crippen molar-refractivity contribution in [3.63, 3.8) is 0 Å². The molecule has 2 fully saturated rings. The zero-order valence-electron chi connectivity index (χ0n) is 13.1. The third-order valence-electron chi connectivity index (χ3n) is 5.14. The molecule has 4 heteroatoms. The molecular weight excluding hydrogens is 252 g/mol. The molecule has 2 rings (SSSR count). The average molecular weight is 282 g/mol. The molecule has 0 aliphatic heterocycles. The Balaban J connectivity index is 1.94. The molecule has 0 radical (unpaired) electrons. The highest BCUT2D eigenvalue weighted by Crippen LogP contribution is 2.39. The maximum absolute atomic E-state index is 12.7. The topological polar surface area (TPSA) is 55.6 Å². The first kappa shape index (κ1) is 15.8. The van der Waals surface area contributed by atoms with Crippen molar-refractivity contribution in [1.82, 2.24) is 4.90 Å². The van der Waals surface area contributed by atoms with Crippen LogP contribution < -0.4 is 5.73 Å². The van der Waals surface area contributed by atoms with Crippen molar-refractivity contribution in [3.05, 3.63) is 0 Å². The summed E-state index contributed by atoms with van der Waals surface area (Å²) in [6.45, 7) is 3.02. The number of methoxy groups -OCH3 is 1. The molecule has 116 valence electrons. The smallest absolute Gasteiger partial charge is 0.225 e. The molecule has 20 heavy (non-hydrogen) atoms. The van der Waals surface area contributed by atoms with E-state index in [9.17, 15) is 4.79 Å². The van der Waals surface area contributed by atoms with Gasteiger partial charge in [-0.15, -0.1) is 0 Å². The summed E-state index contributed by atoms with van der Waals surface area (Å²) in [5.74, 6) is 0.286. The van der Waals surface area contributed by atoms with E-state index in [0.717, 1.165) is 51.5 Å². The maximum Gasteiger partial charge on any atom is 0.225 e. The molecule has 1 amide bonds. The van der Waals surface area contributed by atoms with Gasteiger partial charge in [0.25, 0.3) is 0 Å². The van der Waals surface area contributed by atoms with E-state index < -0.39 is 0 Å². The number of amides is 1. The van der Waals surface area contributed by atoms with Gasteiger partial charge in [0, 0.05) is 25.7 Å². The molecule has 0 aromatic rings. The fourth-order valence-corrected chi connectivity index (χ4v) is 3.57. The van der Waals surface area contributed by atoms with Crippen molar-refractivity contribution in [2.45, 2.75) is 82.4 Å². The van der Waals surface area contributed by atoms with Gasteiger partial charge in [0.05, 0.1) is 12.0 Å². The highest BCUT2D eigenvalue weighted by atomic mass is 16.5. The van der Waals surface area contributed by atoms with Crippen LogP contribution in [-0.2, 0) is 9.53 Å². The molecule has 2 N–H and O–H groups in total. The molecule has 0 spiro atoms. The van der Waals surface area contributed by atoms with Crippen molar-refractivity contribution in [2.75, 3.05) is 13.7 Å². The minimum atomic E-state index is -0.159. The quantitative estimate of drug-likeness (QED) is 0.814. The fraction of sp³-hybridized carbons (Fsp3) is 0.938. The first-order chi connectivity index (χ1) is 9.60. The number of nitrogens with two attached hydrogens (primary N) is 1. The monoisotopic (exact) mass is 282 g/mol. The summed E-state index contributed by atoms with van der Waals surface area (Å²) in [4.78, 5) is 14.8. The summed E-state index contributed by atoms with van der Waals surface area (Å²) in [5, 5.41) is 0. The summed E-state index contributed by atoms with van der Waals surface area (Å²) >= 11 is 0. The zero-order chi connectivity index (χ0) is 14.6. The van der Waals surface area contributed by atoms with E-state index in [4.69, 9.17) is 10.5 Å². The number of ether oxygens (including phenoxy) is 1. The van der Waals surface area contributed by atoms with Crippen molar-refractivity contribution in [1.29, 1.82) is 0 Å². The molecule has 2 aliphatic rings. The van der Waals surface area contributed by atoms with E-state index in [1.807, 2.05) is 0 Å². The Labute approximate surface area is 123 Å². The molecule has 0 aromatic heterocycles. The second kappa shape index (κ2) is 6.90. The molecule has 0 bridgehead atoms. The van der Waals surface area contributed by atoms with Gasteiger partial charge in [0.1, 0.15) is 0 Å². The molecule has 2 saturated carbocycles. The molecule has 0 atom stereocenters. The van der Waals surface area contributed by atoms with E-state index >= 15 is 0 Å². The van der Waals surface area contributed by atoms with Crippen LogP contribution in [0, 0.1) is 0 Å². The predicted molar refractivity (Wildman–Crippen MR) is 80.4 cm³/mol. The lowest BCUT2D eigenvalue weighted by Crippen LogP contribution is -2.49. The summed E-state index contributed by atoms with van der Waals surface area (Å²) in [6.07, 6.45) is 9.06. The maximum atomic E-state index is 12.7. The van der Waals surface area contributed by atoms with Crippen molar-refractivity contribution >= 4 is 5.91 Å². The van der Waals surface area contributed by atoms with Gasteiger partial charge in [0.2, 0.25) is 5.91 Å². The highest BCUT2D eigenvalue weighted by Gasteiger charge is 2.41. The van der Waals surface area contributed by atoms with Crippen molar-refractivity contribution < 1.29 is 9.53 Å². The Morgan fingerprint density at radius 2 is 1.95 bits per heavy atom. The average Bonchev–Trinajstić information content (AvgIpc) is 2.41. The van der Waals surface area contributed by atoms with E-state index in [1.54, 1.807) is 7.11 Å². The van der Waals surface area contributed by atoms with Crippen LogP contribution >= 0.6 is 0 Å². The molecular formula is C16H30N2O2. The minimum Gasteiger partial charge on any atom is -0.378 e. The highest BCUT2D eigenvalue weighted by molar-refractivity contribution is 5.77. The van der Waals surface area contributed by atoms with E-state index in [1.165, 1.54) is 6.42 Å². The van der Waals surface area contributed by atoms with E-state index in [2.05, 4.69) is 11.8 Å². The summed E-state index contributed by atoms with van der Waals surface area (Å²) < 4.78 is 5.61. The SMILES string of the molecule is CCCN(C(=O)CC1(OC)CCC1)C1CCC(N)CC1. The third-order valence-corrected chi connectivity index (χ3v) is 5.14. The van der Waals surface area contributed by atoms with E-state index in [-0.39, 0.29) is 11.5 Å². The lowest BCUT2D eigenvalue weighted by molar-refractivity contribution is -0.147.